The third-order valence-electron chi connectivity index (χ3n) is 15.8. The highest BCUT2D eigenvalue weighted by Gasteiger charge is 2.28. The number of furan rings is 1. The second-order valence-electron chi connectivity index (χ2n) is 21.6. The number of nitrogens with zero attached hydrogens (tertiary/aromatic N) is 2. The highest BCUT2D eigenvalue weighted by atomic mass is 16.3. The maximum absolute atomic E-state index is 6.88. The first kappa shape index (κ1) is 47.0. The summed E-state index contributed by atoms with van der Waals surface area (Å²) in [6.45, 7) is 25.5. The summed E-state index contributed by atoms with van der Waals surface area (Å²) in [6, 6.07) is 64.3. The van der Waals surface area contributed by atoms with Gasteiger partial charge < -0.3 is 14.2 Å². The van der Waals surface area contributed by atoms with E-state index in [4.69, 9.17) is 4.42 Å². The van der Waals surface area contributed by atoms with Gasteiger partial charge in [0, 0.05) is 38.6 Å². The van der Waals surface area contributed by atoms with Gasteiger partial charge in [0.15, 0.2) is 5.58 Å². The Balaban J connectivity index is 1.24. The molecule has 0 amide bonds. The van der Waals surface area contributed by atoms with E-state index in [1.165, 1.54) is 88.2 Å². The molecule has 360 valence electrons. The molecule has 1 heterocycles. The zero-order valence-electron chi connectivity index (χ0n) is 44.1. The molecule has 72 heavy (non-hydrogen) atoms. The Morgan fingerprint density at radius 3 is 1.42 bits per heavy atom. The Morgan fingerprint density at radius 2 is 0.861 bits per heavy atom. The minimum absolute atomic E-state index is 0.254. The van der Waals surface area contributed by atoms with E-state index >= 15 is 0 Å². The van der Waals surface area contributed by atoms with Gasteiger partial charge in [-0.1, -0.05) is 184 Å². The second kappa shape index (κ2) is 18.7. The fraction of sp³-hybridized carbons (Fsp3) is 0.246. The third-order valence-corrected chi connectivity index (χ3v) is 15.8. The quantitative estimate of drug-likeness (QED) is 0.107. The van der Waals surface area contributed by atoms with Crippen molar-refractivity contribution in [2.45, 2.75) is 112 Å². The van der Waals surface area contributed by atoms with Gasteiger partial charge in [-0.3, -0.25) is 0 Å². The predicted molar refractivity (Wildman–Crippen MR) is 312 cm³/mol. The Morgan fingerprint density at radius 1 is 0.389 bits per heavy atom. The van der Waals surface area contributed by atoms with Crippen LogP contribution in [0.25, 0.3) is 65.4 Å². The molecule has 0 N–H and O–H groups in total. The van der Waals surface area contributed by atoms with Crippen LogP contribution in [0.4, 0.5) is 34.1 Å². The van der Waals surface area contributed by atoms with Gasteiger partial charge in [-0.05, 0) is 164 Å². The third kappa shape index (κ3) is 7.80. The van der Waals surface area contributed by atoms with Crippen LogP contribution in [0.5, 0.6) is 0 Å². The molecule has 0 bridgehead atoms. The van der Waals surface area contributed by atoms with E-state index in [9.17, 15) is 0 Å². The lowest BCUT2D eigenvalue weighted by Crippen LogP contribution is -2.14. The van der Waals surface area contributed by atoms with Crippen molar-refractivity contribution in [3.05, 3.63) is 203 Å². The van der Waals surface area contributed by atoms with Crippen molar-refractivity contribution in [3.63, 3.8) is 0 Å². The molecule has 0 aliphatic rings. The lowest BCUT2D eigenvalue weighted by Gasteiger charge is -2.32. The summed E-state index contributed by atoms with van der Waals surface area (Å²) in [5, 5.41) is 9.93. The molecule has 1 unspecified atom stereocenters. The summed E-state index contributed by atoms with van der Waals surface area (Å²) in [7, 11) is 0. The fourth-order valence-corrected chi connectivity index (χ4v) is 11.6. The zero-order valence-corrected chi connectivity index (χ0v) is 44.1. The lowest BCUT2D eigenvalue weighted by atomic mass is 9.83. The molecule has 3 nitrogen and oxygen atoms in total. The predicted octanol–water partition coefficient (Wildman–Crippen LogP) is 21.4. The smallest absolute Gasteiger partial charge is 0.159 e. The van der Waals surface area contributed by atoms with Crippen LogP contribution in [0, 0.1) is 6.92 Å². The van der Waals surface area contributed by atoms with E-state index in [0.717, 1.165) is 51.1 Å². The molecular formula is C69H68N2O. The maximum atomic E-state index is 6.88. The first-order valence-electron chi connectivity index (χ1n) is 26.5. The summed E-state index contributed by atoms with van der Waals surface area (Å²) in [6.07, 6.45) is 1.09. The Bertz CT molecular complexity index is 3780. The number of para-hydroxylation sites is 2. The molecule has 0 aliphatic heterocycles. The highest BCUT2D eigenvalue weighted by Crippen LogP contribution is 2.53. The highest BCUT2D eigenvalue weighted by molar-refractivity contribution is 6.30. The Hall–Kier alpha value is -7.36. The Labute approximate surface area is 427 Å². The van der Waals surface area contributed by atoms with Gasteiger partial charge in [0.2, 0.25) is 0 Å². The van der Waals surface area contributed by atoms with E-state index in [0.29, 0.717) is 17.8 Å². The van der Waals surface area contributed by atoms with E-state index in [1.807, 2.05) is 0 Å². The molecule has 0 saturated carbocycles. The molecule has 0 saturated heterocycles. The van der Waals surface area contributed by atoms with E-state index in [-0.39, 0.29) is 11.8 Å². The summed E-state index contributed by atoms with van der Waals surface area (Å²) >= 11 is 0. The molecule has 10 aromatic carbocycles. The lowest BCUT2D eigenvalue weighted by molar-refractivity contribution is 0.669. The van der Waals surface area contributed by atoms with Crippen LogP contribution in [0.3, 0.4) is 0 Å². The van der Waals surface area contributed by atoms with Crippen LogP contribution < -0.4 is 9.80 Å². The van der Waals surface area contributed by atoms with Crippen LogP contribution in [0.2, 0.25) is 0 Å². The standard InChI is InChI=1S/C69H68N2O/c1-12-45(10)51-19-13-14-20-53(51)52-22-17-24-62(46(52)11)70(49-31-27-47(28-32-49)41(2)3)64-39-60(43(6)7)55-36-38-59-65(40-61(44(8)9)56-35-37-58(64)67(55)68(56)59)71(50-33-29-48(30-34-50)42(4)5)63-25-18-23-57-54-21-15-16-26-66(54)72-69(57)63/h13-45H,12H2,1-11H3. The molecule has 0 radical (unpaired) electrons. The summed E-state index contributed by atoms with van der Waals surface area (Å²) < 4.78 is 6.88. The van der Waals surface area contributed by atoms with Gasteiger partial charge in [0.1, 0.15) is 5.58 Å². The summed E-state index contributed by atoms with van der Waals surface area (Å²) in [5.41, 5.74) is 19.2. The van der Waals surface area contributed by atoms with Crippen LogP contribution in [0.1, 0.15) is 139 Å². The van der Waals surface area contributed by atoms with E-state index in [1.54, 1.807) is 0 Å². The van der Waals surface area contributed by atoms with Crippen molar-refractivity contribution in [1.82, 2.24) is 0 Å². The molecule has 0 spiro atoms. The monoisotopic (exact) mass is 941 g/mol. The van der Waals surface area contributed by atoms with Crippen molar-refractivity contribution in [3.8, 4) is 11.1 Å². The molecule has 1 aromatic heterocycles. The number of hydrogen-bond donors (Lipinski definition) is 0. The minimum atomic E-state index is 0.254. The molecular weight excluding hydrogens is 873 g/mol. The molecule has 11 aromatic rings. The number of rotatable bonds is 13. The summed E-state index contributed by atoms with van der Waals surface area (Å²) in [5.74, 6) is 1.80. The van der Waals surface area contributed by atoms with Crippen molar-refractivity contribution in [1.29, 1.82) is 0 Å². The largest absolute Gasteiger partial charge is 0.454 e. The van der Waals surface area contributed by atoms with Gasteiger partial charge >= 0.3 is 0 Å². The molecule has 3 heteroatoms. The van der Waals surface area contributed by atoms with Gasteiger partial charge in [0.25, 0.3) is 0 Å². The normalized spacial score (nSPS) is 12.6. The molecule has 0 aliphatic carbocycles. The first-order chi connectivity index (χ1) is 34.8. The van der Waals surface area contributed by atoms with Gasteiger partial charge in [-0.2, -0.15) is 0 Å². The van der Waals surface area contributed by atoms with E-state index in [2.05, 4.69) is 256 Å². The topological polar surface area (TPSA) is 19.6 Å². The summed E-state index contributed by atoms with van der Waals surface area (Å²) in [4.78, 5) is 5.05. The van der Waals surface area contributed by atoms with Crippen molar-refractivity contribution >= 4 is 88.4 Å². The van der Waals surface area contributed by atoms with Crippen molar-refractivity contribution in [2.24, 2.45) is 0 Å². The average molecular weight is 941 g/mol. The second-order valence-corrected chi connectivity index (χ2v) is 21.6. The minimum Gasteiger partial charge on any atom is -0.454 e. The number of hydrogen-bond acceptors (Lipinski definition) is 3. The molecule has 0 fully saturated rings. The number of fused-ring (bicyclic) bond motifs is 3. The van der Waals surface area contributed by atoms with E-state index < -0.39 is 0 Å². The average Bonchev–Trinajstić information content (AvgIpc) is 3.78. The Kier molecular flexibility index (Phi) is 12.2. The van der Waals surface area contributed by atoms with Gasteiger partial charge in [0.05, 0.1) is 17.1 Å². The van der Waals surface area contributed by atoms with Crippen LogP contribution in [0.15, 0.2) is 174 Å². The van der Waals surface area contributed by atoms with Crippen LogP contribution in [-0.4, -0.2) is 0 Å². The van der Waals surface area contributed by atoms with Crippen molar-refractivity contribution < 1.29 is 4.42 Å². The van der Waals surface area contributed by atoms with Gasteiger partial charge in [-0.15, -0.1) is 0 Å². The number of benzene rings is 10. The molecule has 11 rings (SSSR count). The first-order valence-corrected chi connectivity index (χ1v) is 26.5. The molecule has 1 atom stereocenters. The van der Waals surface area contributed by atoms with Gasteiger partial charge in [-0.25, -0.2) is 0 Å². The zero-order chi connectivity index (χ0) is 50.1. The van der Waals surface area contributed by atoms with Crippen LogP contribution in [-0.2, 0) is 0 Å². The van der Waals surface area contributed by atoms with Crippen molar-refractivity contribution in [2.75, 3.05) is 9.80 Å². The van der Waals surface area contributed by atoms with Crippen LogP contribution >= 0.6 is 0 Å². The maximum Gasteiger partial charge on any atom is 0.159 e. The fourth-order valence-electron chi connectivity index (χ4n) is 11.6. The SMILES string of the molecule is CCC(C)c1ccccc1-c1cccc(N(c2ccc(C(C)C)cc2)c2cc(C(C)C)c3ccc4c(N(c5ccc(C(C)C)cc5)c5cccc6c5oc5ccccc56)cc(C(C)C)c5ccc2c3c54)c1C. The number of anilines is 6.